The van der Waals surface area contributed by atoms with E-state index in [1.807, 2.05) is 91.0 Å². The van der Waals surface area contributed by atoms with Crippen molar-refractivity contribution in [3.8, 4) is 0 Å². The van der Waals surface area contributed by atoms with Gasteiger partial charge in [0.1, 0.15) is 5.54 Å². The largest absolute Gasteiger partial charge is 0.346 e. The number of carbonyl (C=O) groups is 5. The highest BCUT2D eigenvalue weighted by atomic mass is 35.5. The number of carbonyl (C=O) groups excluding carboxylic acids is 5. The molecule has 0 saturated carbocycles. The number of imide groups is 1. The van der Waals surface area contributed by atoms with Crippen LogP contribution in [0.5, 0.6) is 0 Å². The van der Waals surface area contributed by atoms with Gasteiger partial charge >= 0.3 is 0 Å². The zero-order chi connectivity index (χ0) is 39.0. The molecule has 0 aliphatic carbocycles. The second-order valence-corrected chi connectivity index (χ2v) is 13.9. The standard InChI is InChI=1S/C38H49Cl2N7O5S/c1-27(48)47(40)37(39,22-12-13-23-41)36(52)46(24-14-11-21-31(42)34(50)44-25-33(49)45-35(51)32(43)26-53)38(28-15-5-2-6-16-28,29-17-7-3-8-18-29)30-19-9-4-10-20-30/h2-10,15-20,31-32,53H,11-14,21-26,41-43H2,1H3,(H,44,50)(H,45,49,51)/t31?,32-,37+/m1/s1. The second kappa shape index (κ2) is 21.0. The molecule has 3 aromatic carbocycles. The van der Waals surface area contributed by atoms with Crippen LogP contribution in [0.25, 0.3) is 0 Å². The first kappa shape index (κ1) is 43.4. The van der Waals surface area contributed by atoms with Crippen molar-refractivity contribution in [2.24, 2.45) is 17.2 Å². The van der Waals surface area contributed by atoms with Gasteiger partial charge in [0, 0.05) is 31.0 Å². The Balaban J connectivity index is 2.03. The van der Waals surface area contributed by atoms with Crippen LogP contribution in [0.3, 0.4) is 0 Å². The van der Waals surface area contributed by atoms with Crippen LogP contribution < -0.4 is 27.8 Å². The second-order valence-electron chi connectivity index (χ2n) is 12.6. The Morgan fingerprint density at radius 1 is 0.774 bits per heavy atom. The highest BCUT2D eigenvalue weighted by Crippen LogP contribution is 2.45. The van der Waals surface area contributed by atoms with Crippen LogP contribution in [-0.4, -0.2) is 81.3 Å². The third-order valence-electron chi connectivity index (χ3n) is 8.81. The van der Waals surface area contributed by atoms with E-state index in [4.69, 9.17) is 40.6 Å². The summed E-state index contributed by atoms with van der Waals surface area (Å²) in [7, 11) is 0. The number of halogens is 2. The summed E-state index contributed by atoms with van der Waals surface area (Å²) in [5.41, 5.74) is 18.6. The molecule has 1 unspecified atom stereocenters. The topological polar surface area (TPSA) is 194 Å². The maximum absolute atomic E-state index is 15.3. The molecule has 3 aromatic rings. The van der Waals surface area contributed by atoms with Gasteiger partial charge in [-0.1, -0.05) is 103 Å². The molecule has 0 aliphatic rings. The highest BCUT2D eigenvalue weighted by molar-refractivity contribution is 7.80. The minimum Gasteiger partial charge on any atom is -0.346 e. The average Bonchev–Trinajstić information content (AvgIpc) is 3.18. The fourth-order valence-corrected chi connectivity index (χ4v) is 6.77. The third-order valence-corrected chi connectivity index (χ3v) is 10.3. The molecule has 0 bridgehead atoms. The number of nitrogens with two attached hydrogens (primary N) is 3. The highest BCUT2D eigenvalue weighted by Gasteiger charge is 2.53. The maximum Gasteiger partial charge on any atom is 0.266 e. The predicted molar refractivity (Wildman–Crippen MR) is 211 cm³/mol. The van der Waals surface area contributed by atoms with Crippen molar-refractivity contribution >= 4 is 65.5 Å². The Morgan fingerprint density at radius 2 is 1.28 bits per heavy atom. The predicted octanol–water partition coefficient (Wildman–Crippen LogP) is 3.39. The van der Waals surface area contributed by atoms with Crippen molar-refractivity contribution in [3.05, 3.63) is 108 Å². The van der Waals surface area contributed by atoms with Crippen molar-refractivity contribution in [1.82, 2.24) is 20.0 Å². The number of alkyl halides is 1. The van der Waals surface area contributed by atoms with Crippen LogP contribution in [0.15, 0.2) is 91.0 Å². The number of amides is 5. The molecule has 0 heterocycles. The van der Waals surface area contributed by atoms with Crippen LogP contribution in [0.2, 0.25) is 0 Å². The number of nitrogens with zero attached hydrogens (tertiary/aromatic N) is 2. The average molecular weight is 787 g/mol. The van der Waals surface area contributed by atoms with Crippen LogP contribution >= 0.6 is 36.0 Å². The Bertz CT molecular complexity index is 1560. The van der Waals surface area contributed by atoms with Crippen molar-refractivity contribution in [2.45, 2.75) is 68.1 Å². The van der Waals surface area contributed by atoms with E-state index >= 15 is 4.79 Å². The summed E-state index contributed by atoms with van der Waals surface area (Å²) in [6.45, 7) is 1.24. The molecular weight excluding hydrogens is 737 g/mol. The number of rotatable bonds is 20. The van der Waals surface area contributed by atoms with Crippen molar-refractivity contribution in [2.75, 3.05) is 25.4 Å². The molecule has 0 aromatic heterocycles. The summed E-state index contributed by atoms with van der Waals surface area (Å²) in [4.78, 5) is 64.6. The summed E-state index contributed by atoms with van der Waals surface area (Å²) in [6, 6.07) is 26.6. The fraction of sp³-hybridized carbons (Fsp3) is 0.395. The number of hydrogen-bond acceptors (Lipinski definition) is 9. The number of thiol groups is 1. The number of benzene rings is 3. The third kappa shape index (κ3) is 11.0. The number of hydrogen-bond donors (Lipinski definition) is 6. The SMILES string of the molecule is CC(=O)N(Cl)[C@@](Cl)(CCCCN)C(=O)N(CCCCC(N)C(=O)NCC(=O)NC(=O)[C@H](N)CS)C(c1ccccc1)(c1ccccc1)c1ccccc1. The molecule has 0 aliphatic heterocycles. The van der Waals surface area contributed by atoms with E-state index < -0.39 is 58.7 Å². The minimum atomic E-state index is -1.98. The van der Waals surface area contributed by atoms with Gasteiger partial charge in [-0.15, -0.1) is 0 Å². The van der Waals surface area contributed by atoms with Crippen molar-refractivity contribution in [1.29, 1.82) is 0 Å². The molecule has 0 radical (unpaired) electrons. The number of unbranched alkanes of at least 4 members (excludes halogenated alkanes) is 2. The van der Waals surface area contributed by atoms with Gasteiger partial charge in [0.05, 0.1) is 18.6 Å². The van der Waals surface area contributed by atoms with Crippen LogP contribution in [0.1, 0.15) is 62.1 Å². The summed E-state index contributed by atoms with van der Waals surface area (Å²) < 4.78 is 0.766. The summed E-state index contributed by atoms with van der Waals surface area (Å²) in [5.74, 6) is -3.20. The van der Waals surface area contributed by atoms with Gasteiger partial charge in [0.15, 0.2) is 0 Å². The van der Waals surface area contributed by atoms with Gasteiger partial charge in [-0.3, -0.25) is 29.3 Å². The Morgan fingerprint density at radius 3 is 1.74 bits per heavy atom. The molecular formula is C38H49Cl2N7O5S. The lowest BCUT2D eigenvalue weighted by atomic mass is 9.75. The van der Waals surface area contributed by atoms with Crippen molar-refractivity contribution in [3.63, 3.8) is 0 Å². The normalized spacial score (nSPS) is 13.6. The van der Waals surface area contributed by atoms with Gasteiger partial charge in [-0.25, -0.2) is 4.42 Å². The molecule has 0 saturated heterocycles. The lowest BCUT2D eigenvalue weighted by Gasteiger charge is -2.49. The summed E-state index contributed by atoms with van der Waals surface area (Å²) >= 11 is 17.8. The molecule has 12 nitrogen and oxygen atoms in total. The van der Waals surface area contributed by atoms with E-state index in [0.29, 0.717) is 32.2 Å². The molecule has 3 atom stereocenters. The summed E-state index contributed by atoms with van der Waals surface area (Å²) in [5, 5.41) is 4.54. The van der Waals surface area contributed by atoms with Gasteiger partial charge in [0.25, 0.3) is 5.91 Å². The van der Waals surface area contributed by atoms with E-state index in [9.17, 15) is 19.2 Å². The zero-order valence-corrected chi connectivity index (χ0v) is 32.2. The number of nitrogens with one attached hydrogen (secondary N) is 2. The van der Waals surface area contributed by atoms with Crippen molar-refractivity contribution < 1.29 is 24.0 Å². The molecule has 0 spiro atoms. The lowest BCUT2D eigenvalue weighted by Crippen LogP contribution is -2.61. The molecule has 3 rings (SSSR count). The van der Waals surface area contributed by atoms with Crippen LogP contribution in [0.4, 0.5) is 0 Å². The smallest absolute Gasteiger partial charge is 0.266 e. The maximum atomic E-state index is 15.3. The Labute approximate surface area is 326 Å². The minimum absolute atomic E-state index is 0.0312. The quantitative estimate of drug-likeness (QED) is 0.0251. The van der Waals surface area contributed by atoms with Gasteiger partial charge in [-0.2, -0.15) is 12.6 Å². The lowest BCUT2D eigenvalue weighted by molar-refractivity contribution is -0.146. The fourth-order valence-electron chi connectivity index (χ4n) is 6.10. The van der Waals surface area contributed by atoms with Crippen LogP contribution in [0, 0.1) is 0 Å². The zero-order valence-electron chi connectivity index (χ0n) is 29.8. The first-order chi connectivity index (χ1) is 25.3. The summed E-state index contributed by atoms with van der Waals surface area (Å²) in [6.07, 6.45) is 1.94. The van der Waals surface area contributed by atoms with E-state index in [1.165, 1.54) is 6.92 Å². The molecule has 286 valence electrons. The van der Waals surface area contributed by atoms with E-state index in [2.05, 4.69) is 23.3 Å². The Kier molecular flexibility index (Phi) is 17.2. The molecule has 53 heavy (non-hydrogen) atoms. The molecule has 5 amide bonds. The Hall–Kier alpha value is -3.98. The monoisotopic (exact) mass is 785 g/mol. The molecule has 8 N–H and O–H groups in total. The van der Waals surface area contributed by atoms with Gasteiger partial charge < -0.3 is 27.4 Å². The molecule has 0 fully saturated rings. The van der Waals surface area contributed by atoms with E-state index in [-0.39, 0.29) is 25.1 Å². The van der Waals surface area contributed by atoms with E-state index in [0.717, 1.165) is 21.1 Å². The van der Waals surface area contributed by atoms with E-state index in [1.54, 1.807) is 4.90 Å². The van der Waals surface area contributed by atoms with Crippen LogP contribution in [-0.2, 0) is 29.5 Å². The van der Waals surface area contributed by atoms with Gasteiger partial charge in [-0.05, 0) is 61.8 Å². The molecule has 15 heteroatoms. The first-order valence-electron chi connectivity index (χ1n) is 17.4. The first-order valence-corrected chi connectivity index (χ1v) is 18.8. The van der Waals surface area contributed by atoms with Gasteiger partial charge in [0.2, 0.25) is 28.6 Å².